The number of amides is 1. The Morgan fingerprint density at radius 1 is 1.03 bits per heavy atom. The molecular formula is C24H21N7O. The second kappa shape index (κ2) is 8.43. The highest BCUT2D eigenvalue weighted by molar-refractivity contribution is 5.94. The molecule has 0 bridgehead atoms. The van der Waals surface area contributed by atoms with E-state index in [1.54, 1.807) is 22.1 Å². The van der Waals surface area contributed by atoms with E-state index in [1.807, 2.05) is 73.7 Å². The van der Waals surface area contributed by atoms with Crippen LogP contribution in [0.2, 0.25) is 0 Å². The van der Waals surface area contributed by atoms with Gasteiger partial charge in [0.15, 0.2) is 0 Å². The first kappa shape index (κ1) is 19.6. The quantitative estimate of drug-likeness (QED) is 0.449. The van der Waals surface area contributed by atoms with Crippen molar-refractivity contribution in [3.8, 4) is 11.3 Å². The number of benzene rings is 2. The average Bonchev–Trinajstić information content (AvgIpc) is 3.49. The zero-order valence-electron chi connectivity index (χ0n) is 17.5. The predicted molar refractivity (Wildman–Crippen MR) is 122 cm³/mol. The van der Waals surface area contributed by atoms with Crippen LogP contribution in [0.4, 0.5) is 5.69 Å². The molecule has 0 saturated heterocycles. The molecule has 158 valence electrons. The first-order valence-corrected chi connectivity index (χ1v) is 10.3. The summed E-state index contributed by atoms with van der Waals surface area (Å²) in [4.78, 5) is 26.9. The number of fused-ring (bicyclic) bond motifs is 1. The van der Waals surface area contributed by atoms with Gasteiger partial charge in [0.2, 0.25) is 5.91 Å². The molecule has 8 heteroatoms. The second-order valence-electron chi connectivity index (χ2n) is 7.50. The minimum Gasteiger partial charge on any atom is -0.345 e. The number of imidazole rings is 1. The fourth-order valence-electron chi connectivity index (χ4n) is 3.66. The van der Waals surface area contributed by atoms with Gasteiger partial charge in [-0.2, -0.15) is 0 Å². The van der Waals surface area contributed by atoms with E-state index in [9.17, 15) is 4.79 Å². The third-order valence-corrected chi connectivity index (χ3v) is 5.26. The number of hydrogen-bond donors (Lipinski definition) is 1. The van der Waals surface area contributed by atoms with Gasteiger partial charge in [0, 0.05) is 11.4 Å². The smallest absolute Gasteiger partial charge is 0.249 e. The van der Waals surface area contributed by atoms with Gasteiger partial charge in [-0.15, -0.1) is 5.10 Å². The van der Waals surface area contributed by atoms with Gasteiger partial charge >= 0.3 is 0 Å². The number of rotatable bonds is 6. The number of aryl methyl sites for hydroxylation is 1. The Balaban J connectivity index is 1.46. The predicted octanol–water partition coefficient (Wildman–Crippen LogP) is 3.76. The lowest BCUT2D eigenvalue weighted by Gasteiger charge is -2.23. The molecule has 3 heterocycles. The fourth-order valence-corrected chi connectivity index (χ4v) is 3.66. The Morgan fingerprint density at radius 3 is 2.66 bits per heavy atom. The minimum absolute atomic E-state index is 0.0780. The van der Waals surface area contributed by atoms with E-state index in [0.29, 0.717) is 6.54 Å². The van der Waals surface area contributed by atoms with E-state index in [1.165, 1.54) is 0 Å². The van der Waals surface area contributed by atoms with Crippen LogP contribution in [0.25, 0.3) is 22.3 Å². The molecule has 0 spiro atoms. The highest BCUT2D eigenvalue weighted by Crippen LogP contribution is 2.23. The van der Waals surface area contributed by atoms with Gasteiger partial charge in [-0.3, -0.25) is 9.78 Å². The summed E-state index contributed by atoms with van der Waals surface area (Å²) in [5, 5.41) is 8.33. The number of pyridine rings is 1. The summed E-state index contributed by atoms with van der Waals surface area (Å²) in [6.07, 6.45) is 3.41. The highest BCUT2D eigenvalue weighted by Gasteiger charge is 2.19. The van der Waals surface area contributed by atoms with Crippen molar-refractivity contribution in [1.82, 2.24) is 29.9 Å². The molecule has 0 unspecified atom stereocenters. The third kappa shape index (κ3) is 3.98. The molecule has 0 radical (unpaired) electrons. The molecule has 0 aliphatic rings. The molecule has 2 aromatic carbocycles. The fraction of sp³-hybridized carbons (Fsp3) is 0.125. The summed E-state index contributed by atoms with van der Waals surface area (Å²) in [5.74, 6) is -0.0988. The topological polar surface area (TPSA) is 92.6 Å². The van der Waals surface area contributed by atoms with Gasteiger partial charge in [0.25, 0.3) is 0 Å². The number of carbonyl (C=O) groups is 1. The third-order valence-electron chi connectivity index (χ3n) is 5.26. The minimum atomic E-state index is -0.0988. The van der Waals surface area contributed by atoms with E-state index >= 15 is 0 Å². The maximum atomic E-state index is 13.5. The van der Waals surface area contributed by atoms with Gasteiger partial charge in [0.1, 0.15) is 12.1 Å². The van der Waals surface area contributed by atoms with Crippen molar-refractivity contribution in [2.45, 2.75) is 20.0 Å². The molecule has 1 N–H and O–H groups in total. The molecule has 3 aromatic heterocycles. The number of carbonyl (C=O) groups excluding carboxylic acids is 1. The molecule has 8 nitrogen and oxygen atoms in total. The molecule has 1 amide bonds. The number of nitrogens with one attached hydrogen (secondary N) is 1. The Morgan fingerprint density at radius 2 is 1.88 bits per heavy atom. The van der Waals surface area contributed by atoms with Crippen molar-refractivity contribution in [3.63, 3.8) is 0 Å². The zero-order valence-corrected chi connectivity index (χ0v) is 17.5. The van der Waals surface area contributed by atoms with Crippen molar-refractivity contribution in [2.75, 3.05) is 4.90 Å². The van der Waals surface area contributed by atoms with Gasteiger partial charge in [-0.1, -0.05) is 35.5 Å². The molecule has 0 aliphatic heterocycles. The maximum absolute atomic E-state index is 13.5. The lowest BCUT2D eigenvalue weighted by molar-refractivity contribution is -0.119. The van der Waals surface area contributed by atoms with Gasteiger partial charge in [0.05, 0.1) is 36.0 Å². The number of aromatic nitrogens is 6. The molecule has 0 atom stereocenters. The number of aromatic amines is 1. The Kier molecular flexibility index (Phi) is 5.17. The van der Waals surface area contributed by atoms with Gasteiger partial charge in [-0.25, -0.2) is 9.67 Å². The Hall–Kier alpha value is -4.33. The lowest BCUT2D eigenvalue weighted by atomic mass is 10.1. The summed E-state index contributed by atoms with van der Waals surface area (Å²) >= 11 is 0. The van der Waals surface area contributed by atoms with Crippen molar-refractivity contribution < 1.29 is 4.79 Å². The van der Waals surface area contributed by atoms with Crippen LogP contribution in [0.3, 0.4) is 0 Å². The van der Waals surface area contributed by atoms with Crippen LogP contribution in [-0.4, -0.2) is 35.9 Å². The molecule has 0 aliphatic carbocycles. The summed E-state index contributed by atoms with van der Waals surface area (Å²) in [6, 6.07) is 21.2. The number of nitrogens with zero attached hydrogens (tertiary/aromatic N) is 6. The summed E-state index contributed by atoms with van der Waals surface area (Å²) in [5.41, 5.74) is 6.01. The summed E-state index contributed by atoms with van der Waals surface area (Å²) in [7, 11) is 0. The normalized spacial score (nSPS) is 11.0. The first-order valence-electron chi connectivity index (χ1n) is 10.3. The second-order valence-corrected chi connectivity index (χ2v) is 7.50. The molecule has 0 fully saturated rings. The van der Waals surface area contributed by atoms with Crippen molar-refractivity contribution in [3.05, 3.63) is 90.6 Å². The standard InChI is InChI=1S/C24H21N7O/c1-17-5-4-6-19(27-17)14-30(20-11-9-18(10-12-20)22-13-25-16-26-22)24(32)15-31-23-8-3-2-7-21(23)28-29-31/h2-13,16H,14-15H2,1H3,(H,25,26). The van der Waals surface area contributed by atoms with E-state index in [0.717, 1.165) is 39.4 Å². The SMILES string of the molecule is Cc1cccc(CN(C(=O)Cn2nnc3ccccc32)c2ccc(-c3cnc[nH]3)cc2)n1. The van der Waals surface area contributed by atoms with E-state index < -0.39 is 0 Å². The average molecular weight is 423 g/mol. The van der Waals surface area contributed by atoms with E-state index in [-0.39, 0.29) is 12.5 Å². The zero-order chi connectivity index (χ0) is 21.9. The van der Waals surface area contributed by atoms with Crippen molar-refractivity contribution in [2.24, 2.45) is 0 Å². The molecular weight excluding hydrogens is 402 g/mol. The number of H-pyrrole nitrogens is 1. The molecule has 5 aromatic rings. The van der Waals surface area contributed by atoms with Crippen LogP contribution < -0.4 is 4.90 Å². The van der Waals surface area contributed by atoms with Gasteiger partial charge < -0.3 is 9.88 Å². The molecule has 0 saturated carbocycles. The Bertz CT molecular complexity index is 1360. The largest absolute Gasteiger partial charge is 0.345 e. The highest BCUT2D eigenvalue weighted by atomic mass is 16.2. The molecule has 5 rings (SSSR count). The molecule has 32 heavy (non-hydrogen) atoms. The monoisotopic (exact) mass is 423 g/mol. The summed E-state index contributed by atoms with van der Waals surface area (Å²) in [6.45, 7) is 2.38. The van der Waals surface area contributed by atoms with Crippen LogP contribution in [0.15, 0.2) is 79.3 Å². The van der Waals surface area contributed by atoms with E-state index in [2.05, 4.69) is 25.3 Å². The van der Waals surface area contributed by atoms with Crippen LogP contribution >= 0.6 is 0 Å². The maximum Gasteiger partial charge on any atom is 0.249 e. The van der Waals surface area contributed by atoms with Gasteiger partial charge in [-0.05, 0) is 48.9 Å². The first-order chi connectivity index (χ1) is 15.7. The van der Waals surface area contributed by atoms with Crippen LogP contribution in [0, 0.1) is 6.92 Å². The number of anilines is 1. The van der Waals surface area contributed by atoms with E-state index in [4.69, 9.17) is 0 Å². The number of para-hydroxylation sites is 1. The van der Waals surface area contributed by atoms with Crippen LogP contribution in [-0.2, 0) is 17.9 Å². The lowest BCUT2D eigenvalue weighted by Crippen LogP contribution is -2.34. The van der Waals surface area contributed by atoms with Crippen molar-refractivity contribution >= 4 is 22.6 Å². The Labute approximate surface area is 184 Å². The summed E-state index contributed by atoms with van der Waals surface area (Å²) < 4.78 is 1.63. The number of hydrogen-bond acceptors (Lipinski definition) is 5. The van der Waals surface area contributed by atoms with Crippen LogP contribution in [0.1, 0.15) is 11.4 Å². The van der Waals surface area contributed by atoms with Crippen LogP contribution in [0.5, 0.6) is 0 Å². The van der Waals surface area contributed by atoms with Crippen molar-refractivity contribution in [1.29, 1.82) is 0 Å².